The van der Waals surface area contributed by atoms with Crippen LogP contribution in [0.15, 0.2) is 48.5 Å². The molecule has 2 N–H and O–H groups in total. The number of nitrogens with zero attached hydrogens (tertiary/aromatic N) is 1. The number of anilines is 1. The van der Waals surface area contributed by atoms with Crippen LogP contribution in [0.4, 0.5) is 14.9 Å². The van der Waals surface area contributed by atoms with Crippen molar-refractivity contribution in [1.82, 2.24) is 0 Å². The smallest absolute Gasteiger partial charge is 0.428 e. The standard InChI is InChI=1S/C17H19FN2O3/c1-2-11-22-17(21)20(19)15-7-9-16(10-8-15)23-12-13-3-5-14(18)6-4-13/h3-10H,2,11-12,19H2,1H3. The van der Waals surface area contributed by atoms with Crippen LogP contribution in [0.1, 0.15) is 18.9 Å². The minimum atomic E-state index is -0.605. The third kappa shape index (κ3) is 4.96. The van der Waals surface area contributed by atoms with Crippen molar-refractivity contribution < 1.29 is 18.7 Å². The molecule has 0 heterocycles. The lowest BCUT2D eigenvalue weighted by molar-refractivity contribution is 0.154. The number of ether oxygens (including phenoxy) is 2. The Balaban J connectivity index is 1.91. The molecular formula is C17H19FN2O3. The number of amides is 1. The maximum absolute atomic E-state index is 12.8. The van der Waals surface area contributed by atoms with Gasteiger partial charge in [-0.1, -0.05) is 19.1 Å². The highest BCUT2D eigenvalue weighted by Gasteiger charge is 2.12. The van der Waals surface area contributed by atoms with Crippen LogP contribution >= 0.6 is 0 Å². The average Bonchev–Trinajstić information content (AvgIpc) is 2.59. The molecule has 0 aromatic heterocycles. The molecule has 0 spiro atoms. The van der Waals surface area contributed by atoms with Gasteiger partial charge in [0.1, 0.15) is 18.2 Å². The Kier molecular flexibility index (Phi) is 5.94. The van der Waals surface area contributed by atoms with Gasteiger partial charge in [-0.2, -0.15) is 0 Å². The van der Waals surface area contributed by atoms with Crippen molar-refractivity contribution >= 4 is 11.8 Å². The number of hydrogen-bond acceptors (Lipinski definition) is 4. The van der Waals surface area contributed by atoms with Gasteiger partial charge in [0.05, 0.1) is 12.3 Å². The molecule has 5 nitrogen and oxygen atoms in total. The second kappa shape index (κ2) is 8.14. The van der Waals surface area contributed by atoms with Crippen LogP contribution in [0.5, 0.6) is 5.75 Å². The molecule has 2 rings (SSSR count). The Morgan fingerprint density at radius 2 is 1.78 bits per heavy atom. The lowest BCUT2D eigenvalue weighted by Gasteiger charge is -2.16. The number of hydrogen-bond donors (Lipinski definition) is 1. The Morgan fingerprint density at radius 3 is 2.39 bits per heavy atom. The Morgan fingerprint density at radius 1 is 1.13 bits per heavy atom. The van der Waals surface area contributed by atoms with Gasteiger partial charge in [-0.3, -0.25) is 0 Å². The topological polar surface area (TPSA) is 64.8 Å². The van der Waals surface area contributed by atoms with Crippen molar-refractivity contribution in [2.75, 3.05) is 11.6 Å². The van der Waals surface area contributed by atoms with Gasteiger partial charge >= 0.3 is 6.09 Å². The van der Waals surface area contributed by atoms with Crippen LogP contribution in [0.3, 0.4) is 0 Å². The molecule has 0 saturated carbocycles. The number of hydrazine groups is 1. The predicted octanol–water partition coefficient (Wildman–Crippen LogP) is 3.63. The van der Waals surface area contributed by atoms with Crippen molar-refractivity contribution in [2.24, 2.45) is 5.84 Å². The van der Waals surface area contributed by atoms with Crippen LogP contribution < -0.4 is 15.6 Å². The van der Waals surface area contributed by atoms with Crippen molar-refractivity contribution in [1.29, 1.82) is 0 Å². The first kappa shape index (κ1) is 16.8. The normalized spacial score (nSPS) is 10.2. The second-order valence-electron chi connectivity index (χ2n) is 4.89. The summed E-state index contributed by atoms with van der Waals surface area (Å²) in [4.78, 5) is 11.6. The van der Waals surface area contributed by atoms with Crippen molar-refractivity contribution in [3.8, 4) is 5.75 Å². The molecule has 23 heavy (non-hydrogen) atoms. The third-order valence-electron chi connectivity index (χ3n) is 3.06. The van der Waals surface area contributed by atoms with Crippen LogP contribution in [-0.4, -0.2) is 12.7 Å². The fourth-order valence-electron chi connectivity index (χ4n) is 1.81. The van der Waals surface area contributed by atoms with E-state index < -0.39 is 6.09 Å². The summed E-state index contributed by atoms with van der Waals surface area (Å²) in [6, 6.07) is 12.8. The summed E-state index contributed by atoms with van der Waals surface area (Å²) in [7, 11) is 0. The van der Waals surface area contributed by atoms with Gasteiger partial charge in [-0.25, -0.2) is 20.0 Å². The van der Waals surface area contributed by atoms with E-state index in [4.69, 9.17) is 15.3 Å². The van der Waals surface area contributed by atoms with Crippen LogP contribution in [-0.2, 0) is 11.3 Å². The number of nitrogens with two attached hydrogens (primary N) is 1. The summed E-state index contributed by atoms with van der Waals surface area (Å²) in [5.41, 5.74) is 1.36. The molecule has 0 radical (unpaired) electrons. The van der Waals surface area contributed by atoms with E-state index in [-0.39, 0.29) is 5.82 Å². The van der Waals surface area contributed by atoms with Gasteiger partial charge in [0, 0.05) is 0 Å². The molecule has 0 fully saturated rings. The first-order valence-electron chi connectivity index (χ1n) is 7.29. The summed E-state index contributed by atoms with van der Waals surface area (Å²) in [6.07, 6.45) is 0.127. The predicted molar refractivity (Wildman–Crippen MR) is 85.5 cm³/mol. The minimum absolute atomic E-state index is 0.281. The molecule has 0 bridgehead atoms. The van der Waals surface area contributed by atoms with E-state index in [1.807, 2.05) is 6.92 Å². The lowest BCUT2D eigenvalue weighted by Crippen LogP contribution is -2.38. The molecule has 0 atom stereocenters. The Hall–Kier alpha value is -2.60. The lowest BCUT2D eigenvalue weighted by atomic mass is 10.2. The maximum Gasteiger partial charge on any atom is 0.428 e. The van der Waals surface area contributed by atoms with E-state index in [1.165, 1.54) is 12.1 Å². The third-order valence-corrected chi connectivity index (χ3v) is 3.06. The zero-order chi connectivity index (χ0) is 16.7. The van der Waals surface area contributed by atoms with Crippen LogP contribution in [0.2, 0.25) is 0 Å². The maximum atomic E-state index is 12.8. The van der Waals surface area contributed by atoms with Gasteiger partial charge in [0.2, 0.25) is 0 Å². The number of benzene rings is 2. The summed E-state index contributed by atoms with van der Waals surface area (Å²) in [5.74, 6) is 6.03. The average molecular weight is 318 g/mol. The number of carbonyl (C=O) groups excluding carboxylic acids is 1. The Bertz CT molecular complexity index is 629. The Labute approximate surface area is 134 Å². The highest BCUT2D eigenvalue weighted by Crippen LogP contribution is 2.19. The number of halogens is 1. The summed E-state index contributed by atoms with van der Waals surface area (Å²) < 4.78 is 23.4. The highest BCUT2D eigenvalue weighted by atomic mass is 19.1. The fourth-order valence-corrected chi connectivity index (χ4v) is 1.81. The van der Waals surface area contributed by atoms with E-state index in [0.29, 0.717) is 24.7 Å². The van der Waals surface area contributed by atoms with E-state index in [1.54, 1.807) is 36.4 Å². The molecule has 1 amide bonds. The minimum Gasteiger partial charge on any atom is -0.489 e. The van der Waals surface area contributed by atoms with Gasteiger partial charge in [-0.05, 0) is 48.4 Å². The van der Waals surface area contributed by atoms with Crippen molar-refractivity contribution in [3.63, 3.8) is 0 Å². The van der Waals surface area contributed by atoms with Gasteiger partial charge in [0.15, 0.2) is 0 Å². The zero-order valence-corrected chi connectivity index (χ0v) is 12.9. The van der Waals surface area contributed by atoms with Crippen molar-refractivity contribution in [2.45, 2.75) is 20.0 Å². The molecule has 0 unspecified atom stereocenters. The summed E-state index contributed by atoms with van der Waals surface area (Å²) in [5, 5.41) is 0.944. The molecule has 2 aromatic rings. The zero-order valence-electron chi connectivity index (χ0n) is 12.9. The SMILES string of the molecule is CCCOC(=O)N(N)c1ccc(OCc2ccc(F)cc2)cc1. The molecule has 0 aliphatic rings. The molecule has 0 saturated heterocycles. The molecular weight excluding hydrogens is 299 g/mol. The largest absolute Gasteiger partial charge is 0.489 e. The molecule has 6 heteroatoms. The second-order valence-corrected chi connectivity index (χ2v) is 4.89. The summed E-state index contributed by atoms with van der Waals surface area (Å²) >= 11 is 0. The highest BCUT2D eigenvalue weighted by molar-refractivity contribution is 5.86. The summed E-state index contributed by atoms with van der Waals surface area (Å²) in [6.45, 7) is 2.55. The van der Waals surface area contributed by atoms with Crippen molar-refractivity contribution in [3.05, 3.63) is 59.9 Å². The monoisotopic (exact) mass is 318 g/mol. The number of carbonyl (C=O) groups is 1. The van der Waals surface area contributed by atoms with Crippen LogP contribution in [0.25, 0.3) is 0 Å². The van der Waals surface area contributed by atoms with E-state index in [9.17, 15) is 9.18 Å². The van der Waals surface area contributed by atoms with E-state index >= 15 is 0 Å². The first-order valence-corrected chi connectivity index (χ1v) is 7.29. The molecule has 2 aromatic carbocycles. The first-order chi connectivity index (χ1) is 11.1. The fraction of sp³-hybridized carbons (Fsp3) is 0.235. The van der Waals surface area contributed by atoms with E-state index in [0.717, 1.165) is 17.0 Å². The van der Waals surface area contributed by atoms with Gasteiger partial charge < -0.3 is 9.47 Å². The molecule has 0 aliphatic heterocycles. The molecule has 122 valence electrons. The quantitative estimate of drug-likeness (QED) is 0.502. The number of rotatable bonds is 6. The van der Waals surface area contributed by atoms with Crippen LogP contribution in [0, 0.1) is 5.82 Å². The van der Waals surface area contributed by atoms with Gasteiger partial charge in [-0.15, -0.1) is 0 Å². The van der Waals surface area contributed by atoms with E-state index in [2.05, 4.69) is 0 Å². The van der Waals surface area contributed by atoms with Gasteiger partial charge in [0.25, 0.3) is 0 Å². The molecule has 0 aliphatic carbocycles.